The van der Waals surface area contributed by atoms with Crippen molar-refractivity contribution in [1.29, 1.82) is 0 Å². The first-order valence-corrected chi connectivity index (χ1v) is 17.4. The minimum absolute atomic E-state index is 0.0947. The number of methoxy groups -OCH3 is 1. The zero-order chi connectivity index (χ0) is 33.9. The molecular weight excluding hydrogens is 574 g/mol. The highest BCUT2D eigenvalue weighted by atomic mass is 16.7. The molecule has 0 bridgehead atoms. The Balaban J connectivity index is 1.96. The van der Waals surface area contributed by atoms with E-state index < -0.39 is 41.7 Å². The number of aliphatic hydroxyl groups is 2. The third kappa shape index (κ3) is 9.48. The van der Waals surface area contributed by atoms with Gasteiger partial charge >= 0.3 is 0 Å². The number of likely N-dealkylation sites (tertiary alicyclic amines) is 1. The van der Waals surface area contributed by atoms with Crippen molar-refractivity contribution < 1.29 is 34.0 Å². The average molecular weight is 642 g/mol. The number of aliphatic hydroxyl groups excluding tert-OH is 2. The summed E-state index contributed by atoms with van der Waals surface area (Å²) >= 11 is 0. The van der Waals surface area contributed by atoms with E-state index in [1.165, 1.54) is 0 Å². The zero-order valence-corrected chi connectivity index (χ0v) is 30.5. The van der Waals surface area contributed by atoms with Gasteiger partial charge in [0.05, 0.1) is 29.8 Å². The number of rotatable bonds is 7. The van der Waals surface area contributed by atoms with Crippen LogP contribution in [0.25, 0.3) is 0 Å². The van der Waals surface area contributed by atoms with Crippen molar-refractivity contribution in [3.63, 3.8) is 0 Å². The first-order valence-electron chi connectivity index (χ1n) is 17.4. The number of nitrogens with zero attached hydrogens (tertiary/aromatic N) is 3. The molecule has 2 N–H and O–H groups in total. The lowest BCUT2D eigenvalue weighted by Crippen LogP contribution is -2.59. The lowest BCUT2D eigenvalue weighted by Gasteiger charge is -2.47. The van der Waals surface area contributed by atoms with Crippen molar-refractivity contribution in [2.45, 2.75) is 130 Å². The van der Waals surface area contributed by atoms with Gasteiger partial charge in [-0.05, 0) is 98.8 Å². The normalized spacial score (nSPS) is 41.9. The first-order chi connectivity index (χ1) is 20.9. The maximum atomic E-state index is 14.3. The number of piperidine rings is 1. The van der Waals surface area contributed by atoms with Gasteiger partial charge in [-0.3, -0.25) is 4.79 Å². The van der Waals surface area contributed by atoms with Crippen LogP contribution in [-0.4, -0.2) is 140 Å². The molecule has 0 aromatic carbocycles. The molecule has 0 spiro atoms. The van der Waals surface area contributed by atoms with Crippen molar-refractivity contribution in [1.82, 2.24) is 14.7 Å². The molecule has 3 heterocycles. The molecule has 1 unspecified atom stereocenters. The fraction of sp³-hybridized carbons (Fsp3) is 0.971. The summed E-state index contributed by atoms with van der Waals surface area (Å²) < 4.78 is 25.4. The molecule has 0 aromatic rings. The van der Waals surface area contributed by atoms with Crippen LogP contribution in [0.3, 0.4) is 0 Å². The predicted molar refractivity (Wildman–Crippen MR) is 177 cm³/mol. The molecule has 11 atom stereocenters. The second-order valence-corrected chi connectivity index (χ2v) is 16.1. The van der Waals surface area contributed by atoms with Crippen LogP contribution >= 0.6 is 0 Å². The second kappa shape index (κ2) is 16.1. The highest BCUT2D eigenvalue weighted by Crippen LogP contribution is 2.39. The van der Waals surface area contributed by atoms with Crippen LogP contribution in [0.2, 0.25) is 0 Å². The molecule has 0 aromatic heterocycles. The van der Waals surface area contributed by atoms with E-state index in [1.54, 1.807) is 21.0 Å². The number of ether oxygens (including phenoxy) is 4. The van der Waals surface area contributed by atoms with Gasteiger partial charge in [-0.15, -0.1) is 0 Å². The zero-order valence-electron chi connectivity index (χ0n) is 30.5. The fourth-order valence-corrected chi connectivity index (χ4v) is 8.24. The first kappa shape index (κ1) is 38.8. The second-order valence-electron chi connectivity index (χ2n) is 16.1. The highest BCUT2D eigenvalue weighted by Gasteiger charge is 2.51. The van der Waals surface area contributed by atoms with E-state index in [0.29, 0.717) is 31.3 Å². The van der Waals surface area contributed by atoms with Gasteiger partial charge in [0.2, 0.25) is 0 Å². The maximum absolute atomic E-state index is 14.3. The highest BCUT2D eigenvalue weighted by molar-refractivity contribution is 5.87. The van der Waals surface area contributed by atoms with Crippen molar-refractivity contribution in [2.75, 3.05) is 61.0 Å². The van der Waals surface area contributed by atoms with Gasteiger partial charge in [-0.2, -0.15) is 0 Å². The van der Waals surface area contributed by atoms with Crippen LogP contribution in [0.5, 0.6) is 0 Å². The molecule has 264 valence electrons. The van der Waals surface area contributed by atoms with Gasteiger partial charge in [0.25, 0.3) is 0 Å². The monoisotopic (exact) mass is 641 g/mol. The van der Waals surface area contributed by atoms with E-state index in [9.17, 15) is 15.0 Å². The molecule has 3 rings (SSSR count). The molecule has 3 aliphatic rings. The van der Waals surface area contributed by atoms with E-state index in [2.05, 4.69) is 37.6 Å². The number of Topliss-reactive ketones (excluding diaryl/α,β-unsaturated/α-hetero) is 1. The van der Waals surface area contributed by atoms with Gasteiger partial charge in [0, 0.05) is 44.7 Å². The van der Waals surface area contributed by atoms with Crippen molar-refractivity contribution in [2.24, 2.45) is 29.1 Å². The summed E-state index contributed by atoms with van der Waals surface area (Å²) in [5.74, 6) is 0.330. The summed E-state index contributed by atoms with van der Waals surface area (Å²) in [5, 5.41) is 22.8. The van der Waals surface area contributed by atoms with Crippen LogP contribution in [0.4, 0.5) is 0 Å². The minimum atomic E-state index is -1.29. The Morgan fingerprint density at radius 3 is 2.38 bits per heavy atom. The van der Waals surface area contributed by atoms with Crippen LogP contribution in [0, 0.1) is 29.1 Å². The standard InChI is InChI=1S/C35H67N3O7/c1-22(2)18-38-15-13-14-26(20-38)28-21-43-33(41)34(6,7)30(40)25(5)31(35(8,42-12)17-23(3)19-37(28)11)45-32-29(39)27(36(9)10)16-24(4)44-32/h22-29,31-33,39,41H,13-21H2,1-12H3/t23-,24-,25+,26+,27+,28+,29-,31-,32+,33?,35-/m1/s1. The quantitative estimate of drug-likeness (QED) is 0.430. The summed E-state index contributed by atoms with van der Waals surface area (Å²) in [7, 11) is 7.71. The lowest BCUT2D eigenvalue weighted by atomic mass is 9.74. The number of hydrogen-bond acceptors (Lipinski definition) is 10. The Morgan fingerprint density at radius 2 is 1.78 bits per heavy atom. The Labute approximate surface area is 274 Å². The van der Waals surface area contributed by atoms with Crippen molar-refractivity contribution in [3.05, 3.63) is 0 Å². The molecule has 0 amide bonds. The van der Waals surface area contributed by atoms with E-state index in [0.717, 1.165) is 39.0 Å². The summed E-state index contributed by atoms with van der Waals surface area (Å²) in [6, 6.07) is -0.0574. The Hall–Kier alpha value is -0.690. The maximum Gasteiger partial charge on any atom is 0.185 e. The Morgan fingerprint density at radius 1 is 1.11 bits per heavy atom. The van der Waals surface area contributed by atoms with E-state index in [1.807, 2.05) is 39.8 Å². The van der Waals surface area contributed by atoms with Crippen LogP contribution in [0.15, 0.2) is 0 Å². The molecule has 0 radical (unpaired) electrons. The molecule has 45 heavy (non-hydrogen) atoms. The third-order valence-electron chi connectivity index (χ3n) is 10.8. The number of likely N-dealkylation sites (N-methyl/N-ethyl adjacent to an activating group) is 2. The topological polar surface area (TPSA) is 104 Å². The smallest absolute Gasteiger partial charge is 0.185 e. The molecule has 0 saturated carbocycles. The molecule has 0 aliphatic carbocycles. The van der Waals surface area contributed by atoms with Gasteiger partial charge < -0.3 is 43.9 Å². The van der Waals surface area contributed by atoms with Gasteiger partial charge in [0.1, 0.15) is 11.9 Å². The van der Waals surface area contributed by atoms with Gasteiger partial charge in [-0.1, -0.05) is 27.7 Å². The third-order valence-corrected chi connectivity index (χ3v) is 10.8. The van der Waals surface area contributed by atoms with Crippen molar-refractivity contribution in [3.8, 4) is 0 Å². The van der Waals surface area contributed by atoms with Crippen LogP contribution in [0.1, 0.15) is 81.1 Å². The molecule has 10 nitrogen and oxygen atoms in total. The predicted octanol–water partition coefficient (Wildman–Crippen LogP) is 3.48. The minimum Gasteiger partial charge on any atom is -0.386 e. The van der Waals surface area contributed by atoms with E-state index in [4.69, 9.17) is 18.9 Å². The Bertz CT molecular complexity index is 935. The fourth-order valence-electron chi connectivity index (χ4n) is 8.24. The molecular formula is C35H67N3O7. The largest absolute Gasteiger partial charge is 0.386 e. The summed E-state index contributed by atoms with van der Waals surface area (Å²) in [5.41, 5.74) is -2.09. The molecule has 3 fully saturated rings. The number of carbonyl (C=O) groups excluding carboxylic acids is 1. The number of hydrogen-bond donors (Lipinski definition) is 2. The Kier molecular flexibility index (Phi) is 13.9. The summed E-state index contributed by atoms with van der Waals surface area (Å²) in [6.45, 7) is 20.4. The van der Waals surface area contributed by atoms with Crippen LogP contribution < -0.4 is 0 Å². The van der Waals surface area contributed by atoms with Gasteiger partial charge in [0.15, 0.2) is 12.6 Å². The number of ketones is 1. The lowest BCUT2D eigenvalue weighted by molar-refractivity contribution is -0.296. The average Bonchev–Trinajstić information content (AvgIpc) is 2.95. The van der Waals surface area contributed by atoms with Gasteiger partial charge in [-0.25, -0.2) is 0 Å². The van der Waals surface area contributed by atoms with Crippen molar-refractivity contribution >= 4 is 5.78 Å². The number of carbonyl (C=O) groups is 1. The molecule has 10 heteroatoms. The molecule has 3 saturated heterocycles. The summed E-state index contributed by atoms with van der Waals surface area (Å²) in [4.78, 5) is 21.3. The van der Waals surface area contributed by atoms with Crippen LogP contribution in [-0.2, 0) is 23.7 Å². The van der Waals surface area contributed by atoms with E-state index in [-0.39, 0.29) is 29.9 Å². The molecule has 3 aliphatic heterocycles. The SMILES string of the molecule is CO[C@]1(C)C[C@@H](C)CN(C)[C@H]([C@H]2CCCN(CC(C)C)C2)COC(O)C(C)(C)C(=O)[C@H](C)[C@H]1O[C@@H]1O[C@H](C)C[C@H](N(C)C)[C@H]1O. The summed E-state index contributed by atoms with van der Waals surface area (Å²) in [6.07, 6.45) is -0.448. The van der Waals surface area contributed by atoms with E-state index >= 15 is 0 Å².